The molecule has 2 aromatic rings. The first kappa shape index (κ1) is 12.7. The second-order valence-corrected chi connectivity index (χ2v) is 4.51. The summed E-state index contributed by atoms with van der Waals surface area (Å²) < 4.78 is 0. The lowest BCUT2D eigenvalue weighted by molar-refractivity contribution is 0.592. The first-order chi connectivity index (χ1) is 8.74. The van der Waals surface area contributed by atoms with E-state index < -0.39 is 0 Å². The Morgan fingerprint density at radius 1 is 1.22 bits per heavy atom. The molecule has 2 rings (SSSR count). The molecular formula is C12H20N6. The highest BCUT2D eigenvalue weighted by atomic mass is 15.4. The van der Waals surface area contributed by atoms with Crippen molar-refractivity contribution in [2.45, 2.75) is 52.5 Å². The van der Waals surface area contributed by atoms with E-state index in [2.05, 4.69) is 44.5 Å². The summed E-state index contributed by atoms with van der Waals surface area (Å²) in [5, 5.41) is 14.2. The highest BCUT2D eigenvalue weighted by molar-refractivity contribution is 5.81. The maximum atomic E-state index is 4.42. The van der Waals surface area contributed by atoms with E-state index in [0.717, 1.165) is 24.2 Å². The lowest BCUT2D eigenvalue weighted by Gasteiger charge is -2.17. The molecule has 0 fully saturated rings. The molecule has 6 heteroatoms. The molecule has 0 radical (unpaired) electrons. The van der Waals surface area contributed by atoms with Gasteiger partial charge in [0.15, 0.2) is 11.3 Å². The SMILES string of the molecule is CCCCC(CC)Nc1nc(C)nc2n[nH]nc12. The van der Waals surface area contributed by atoms with Gasteiger partial charge in [0.25, 0.3) is 0 Å². The predicted molar refractivity (Wildman–Crippen MR) is 71.4 cm³/mol. The van der Waals surface area contributed by atoms with Crippen LogP contribution in [0.3, 0.4) is 0 Å². The number of unbranched alkanes of at least 4 members (excludes halogenated alkanes) is 1. The molecular weight excluding hydrogens is 228 g/mol. The zero-order chi connectivity index (χ0) is 13.0. The summed E-state index contributed by atoms with van der Waals surface area (Å²) in [6.07, 6.45) is 4.65. The van der Waals surface area contributed by atoms with Crippen molar-refractivity contribution in [2.75, 3.05) is 5.32 Å². The number of nitrogens with one attached hydrogen (secondary N) is 2. The summed E-state index contributed by atoms with van der Waals surface area (Å²) in [4.78, 5) is 8.66. The average molecular weight is 248 g/mol. The normalized spacial score (nSPS) is 12.8. The number of fused-ring (bicyclic) bond motifs is 1. The number of hydrogen-bond acceptors (Lipinski definition) is 5. The first-order valence-electron chi connectivity index (χ1n) is 6.56. The van der Waals surface area contributed by atoms with Crippen LogP contribution < -0.4 is 5.32 Å². The predicted octanol–water partition coefficient (Wildman–Crippen LogP) is 2.44. The quantitative estimate of drug-likeness (QED) is 0.820. The molecule has 0 aliphatic carbocycles. The van der Waals surface area contributed by atoms with Crippen LogP contribution in [0.4, 0.5) is 5.82 Å². The molecule has 0 aliphatic rings. The number of hydrogen-bond donors (Lipinski definition) is 2. The summed E-state index contributed by atoms with van der Waals surface area (Å²) >= 11 is 0. The molecule has 2 aromatic heterocycles. The Morgan fingerprint density at radius 3 is 2.78 bits per heavy atom. The Balaban J connectivity index is 2.21. The maximum absolute atomic E-state index is 4.42. The van der Waals surface area contributed by atoms with Gasteiger partial charge in [-0.25, -0.2) is 9.97 Å². The summed E-state index contributed by atoms with van der Waals surface area (Å²) in [6, 6.07) is 0.430. The van der Waals surface area contributed by atoms with E-state index in [1.54, 1.807) is 0 Å². The van der Waals surface area contributed by atoms with Crippen molar-refractivity contribution in [1.29, 1.82) is 0 Å². The number of nitrogens with zero attached hydrogens (tertiary/aromatic N) is 4. The zero-order valence-electron chi connectivity index (χ0n) is 11.2. The Labute approximate surface area is 107 Å². The summed E-state index contributed by atoms with van der Waals surface area (Å²) in [5.41, 5.74) is 1.34. The molecule has 0 aromatic carbocycles. The van der Waals surface area contributed by atoms with Crippen LogP contribution in [0.1, 0.15) is 45.4 Å². The van der Waals surface area contributed by atoms with Gasteiger partial charge < -0.3 is 5.32 Å². The largest absolute Gasteiger partial charge is 0.365 e. The lowest BCUT2D eigenvalue weighted by Crippen LogP contribution is -2.19. The zero-order valence-corrected chi connectivity index (χ0v) is 11.2. The number of aryl methyl sites for hydroxylation is 1. The molecule has 0 bridgehead atoms. The minimum atomic E-state index is 0.430. The third-order valence-corrected chi connectivity index (χ3v) is 3.03. The van der Waals surface area contributed by atoms with Crippen LogP contribution >= 0.6 is 0 Å². The van der Waals surface area contributed by atoms with E-state index >= 15 is 0 Å². The fourth-order valence-corrected chi connectivity index (χ4v) is 1.98. The molecule has 2 N–H and O–H groups in total. The van der Waals surface area contributed by atoms with Crippen LogP contribution in [-0.2, 0) is 0 Å². The van der Waals surface area contributed by atoms with Gasteiger partial charge in [-0.3, -0.25) is 0 Å². The van der Waals surface area contributed by atoms with Crippen molar-refractivity contribution in [3.8, 4) is 0 Å². The fourth-order valence-electron chi connectivity index (χ4n) is 1.98. The highest BCUT2D eigenvalue weighted by Gasteiger charge is 2.13. The van der Waals surface area contributed by atoms with Gasteiger partial charge in [-0.05, 0) is 19.8 Å². The van der Waals surface area contributed by atoms with Crippen molar-refractivity contribution in [1.82, 2.24) is 25.4 Å². The van der Waals surface area contributed by atoms with Gasteiger partial charge in [-0.15, -0.1) is 5.10 Å². The Morgan fingerprint density at radius 2 is 2.06 bits per heavy atom. The summed E-state index contributed by atoms with van der Waals surface area (Å²) in [5.74, 6) is 1.50. The molecule has 0 saturated heterocycles. The summed E-state index contributed by atoms with van der Waals surface area (Å²) in [6.45, 7) is 6.26. The van der Waals surface area contributed by atoms with Crippen molar-refractivity contribution in [2.24, 2.45) is 0 Å². The number of rotatable bonds is 6. The van der Waals surface area contributed by atoms with Gasteiger partial charge in [0.2, 0.25) is 5.65 Å². The Bertz CT molecular complexity index is 506. The third-order valence-electron chi connectivity index (χ3n) is 3.03. The second-order valence-electron chi connectivity index (χ2n) is 4.51. The van der Waals surface area contributed by atoms with Crippen molar-refractivity contribution >= 4 is 17.0 Å². The molecule has 0 aliphatic heterocycles. The maximum Gasteiger partial charge on any atom is 0.207 e. The average Bonchev–Trinajstić information content (AvgIpc) is 2.82. The van der Waals surface area contributed by atoms with Crippen LogP contribution in [0.25, 0.3) is 11.2 Å². The molecule has 18 heavy (non-hydrogen) atoms. The first-order valence-corrected chi connectivity index (χ1v) is 6.56. The van der Waals surface area contributed by atoms with Gasteiger partial charge in [-0.1, -0.05) is 26.7 Å². The van der Waals surface area contributed by atoms with Gasteiger partial charge in [-0.2, -0.15) is 10.3 Å². The van der Waals surface area contributed by atoms with Gasteiger partial charge >= 0.3 is 0 Å². The monoisotopic (exact) mass is 248 g/mol. The molecule has 2 heterocycles. The van der Waals surface area contributed by atoms with Crippen molar-refractivity contribution < 1.29 is 0 Å². The van der Waals surface area contributed by atoms with Crippen LogP contribution in [0.15, 0.2) is 0 Å². The van der Waals surface area contributed by atoms with Crippen LogP contribution in [0.5, 0.6) is 0 Å². The molecule has 0 saturated carbocycles. The third kappa shape index (κ3) is 2.75. The minimum Gasteiger partial charge on any atom is -0.365 e. The van der Waals surface area contributed by atoms with E-state index in [1.165, 1.54) is 12.8 Å². The number of aromatic nitrogens is 5. The van der Waals surface area contributed by atoms with E-state index in [4.69, 9.17) is 0 Å². The van der Waals surface area contributed by atoms with Crippen LogP contribution in [0, 0.1) is 6.92 Å². The minimum absolute atomic E-state index is 0.430. The molecule has 0 spiro atoms. The van der Waals surface area contributed by atoms with Crippen LogP contribution in [-0.4, -0.2) is 31.4 Å². The number of aromatic amines is 1. The van der Waals surface area contributed by atoms with Gasteiger partial charge in [0.05, 0.1) is 0 Å². The molecule has 1 unspecified atom stereocenters. The topological polar surface area (TPSA) is 79.4 Å². The van der Waals surface area contributed by atoms with E-state index in [0.29, 0.717) is 17.5 Å². The summed E-state index contributed by atoms with van der Waals surface area (Å²) in [7, 11) is 0. The van der Waals surface area contributed by atoms with E-state index in [9.17, 15) is 0 Å². The van der Waals surface area contributed by atoms with Gasteiger partial charge in [0, 0.05) is 6.04 Å². The number of H-pyrrole nitrogens is 1. The highest BCUT2D eigenvalue weighted by Crippen LogP contribution is 2.18. The molecule has 0 amide bonds. The smallest absolute Gasteiger partial charge is 0.207 e. The fraction of sp³-hybridized carbons (Fsp3) is 0.667. The molecule has 98 valence electrons. The van der Waals surface area contributed by atoms with Gasteiger partial charge in [0.1, 0.15) is 5.82 Å². The Kier molecular flexibility index (Phi) is 4.07. The van der Waals surface area contributed by atoms with E-state index in [-0.39, 0.29) is 0 Å². The van der Waals surface area contributed by atoms with Crippen molar-refractivity contribution in [3.63, 3.8) is 0 Å². The lowest BCUT2D eigenvalue weighted by atomic mass is 10.1. The van der Waals surface area contributed by atoms with E-state index in [1.807, 2.05) is 6.92 Å². The van der Waals surface area contributed by atoms with Crippen molar-refractivity contribution in [3.05, 3.63) is 5.82 Å². The second kappa shape index (κ2) is 5.75. The standard InChI is InChI=1S/C12H20N6/c1-4-6-7-9(5-2)15-11-10-12(17-18-16-10)14-8(3)13-11/h9H,4-7H2,1-3H3,(H2,13,14,15,16,17,18). The Hall–Kier alpha value is -1.72. The van der Waals surface area contributed by atoms with Crippen LogP contribution in [0.2, 0.25) is 0 Å². The molecule has 6 nitrogen and oxygen atoms in total. The number of anilines is 1. The molecule has 1 atom stereocenters.